The Morgan fingerprint density at radius 2 is 1.63 bits per heavy atom. The summed E-state index contributed by atoms with van der Waals surface area (Å²) in [6, 6.07) is 23.1. The maximum atomic E-state index is 5.87. The standard InChI is InChI=1S/C23H23N3O3S/c1-27-20-11-7-6-10-19(20)25-23(30)26-24-15-18-12-13-21(22(14-18)28-2)29-16-17-8-4-3-5-9-17/h3-15H,16H2,1-2H3,(H2,25,26,30). The minimum absolute atomic E-state index is 0.352. The van der Waals surface area contributed by atoms with Gasteiger partial charge in [0.05, 0.1) is 26.1 Å². The Hall–Kier alpha value is -3.58. The van der Waals surface area contributed by atoms with Gasteiger partial charge >= 0.3 is 0 Å². The summed E-state index contributed by atoms with van der Waals surface area (Å²) in [6.07, 6.45) is 1.65. The fourth-order valence-corrected chi connectivity index (χ4v) is 2.85. The van der Waals surface area contributed by atoms with Crippen LogP contribution in [0.4, 0.5) is 5.69 Å². The van der Waals surface area contributed by atoms with E-state index in [1.807, 2.05) is 72.8 Å². The molecule has 0 aliphatic heterocycles. The lowest BCUT2D eigenvalue weighted by Crippen LogP contribution is -2.24. The summed E-state index contributed by atoms with van der Waals surface area (Å²) < 4.78 is 16.6. The van der Waals surface area contributed by atoms with E-state index in [1.165, 1.54) is 0 Å². The minimum atomic E-state index is 0.352. The monoisotopic (exact) mass is 421 g/mol. The van der Waals surface area contributed by atoms with Crippen molar-refractivity contribution in [2.75, 3.05) is 19.5 Å². The summed E-state index contributed by atoms with van der Waals surface area (Å²) in [5.74, 6) is 1.99. The number of benzene rings is 3. The Labute approximate surface area is 181 Å². The zero-order valence-electron chi connectivity index (χ0n) is 16.8. The molecule has 154 valence electrons. The molecule has 0 bridgehead atoms. The van der Waals surface area contributed by atoms with Crippen LogP contribution in [0.3, 0.4) is 0 Å². The van der Waals surface area contributed by atoms with Gasteiger partial charge in [0, 0.05) is 0 Å². The number of nitrogens with zero attached hydrogens (tertiary/aromatic N) is 1. The minimum Gasteiger partial charge on any atom is -0.495 e. The molecule has 0 amide bonds. The van der Waals surface area contributed by atoms with Crippen LogP contribution in [0, 0.1) is 0 Å². The van der Waals surface area contributed by atoms with Crippen LogP contribution in [0.5, 0.6) is 17.2 Å². The molecule has 0 unspecified atom stereocenters. The summed E-state index contributed by atoms with van der Waals surface area (Å²) in [4.78, 5) is 0. The number of para-hydroxylation sites is 2. The third-order valence-electron chi connectivity index (χ3n) is 4.16. The quantitative estimate of drug-likeness (QED) is 0.315. The number of nitrogens with one attached hydrogen (secondary N) is 2. The molecule has 0 spiro atoms. The second kappa shape index (κ2) is 10.8. The highest BCUT2D eigenvalue weighted by atomic mass is 32.1. The number of methoxy groups -OCH3 is 2. The molecule has 0 atom stereocenters. The molecule has 7 heteroatoms. The number of hydrogen-bond donors (Lipinski definition) is 2. The van der Waals surface area contributed by atoms with Crippen LogP contribution in [0.2, 0.25) is 0 Å². The van der Waals surface area contributed by atoms with Gasteiger partial charge in [-0.1, -0.05) is 42.5 Å². The Morgan fingerprint density at radius 1 is 0.900 bits per heavy atom. The van der Waals surface area contributed by atoms with E-state index in [0.717, 1.165) is 16.8 Å². The smallest absolute Gasteiger partial charge is 0.191 e. The predicted octanol–water partition coefficient (Wildman–Crippen LogP) is 4.60. The first-order valence-corrected chi connectivity index (χ1v) is 9.68. The molecule has 3 rings (SSSR count). The summed E-state index contributed by atoms with van der Waals surface area (Å²) in [5, 5.41) is 7.58. The predicted molar refractivity (Wildman–Crippen MR) is 124 cm³/mol. The maximum absolute atomic E-state index is 5.87. The molecule has 0 fully saturated rings. The van der Waals surface area contributed by atoms with E-state index < -0.39 is 0 Å². The Kier molecular flexibility index (Phi) is 7.63. The van der Waals surface area contributed by atoms with E-state index in [2.05, 4.69) is 15.8 Å². The molecular weight excluding hydrogens is 398 g/mol. The van der Waals surface area contributed by atoms with Crippen molar-refractivity contribution < 1.29 is 14.2 Å². The van der Waals surface area contributed by atoms with Gasteiger partial charge in [0.25, 0.3) is 0 Å². The number of rotatable bonds is 8. The van der Waals surface area contributed by atoms with E-state index in [-0.39, 0.29) is 0 Å². The first kappa shape index (κ1) is 21.1. The van der Waals surface area contributed by atoms with Gasteiger partial charge in [-0.2, -0.15) is 5.10 Å². The van der Waals surface area contributed by atoms with E-state index >= 15 is 0 Å². The average molecular weight is 422 g/mol. The van der Waals surface area contributed by atoms with E-state index in [1.54, 1.807) is 20.4 Å². The first-order valence-electron chi connectivity index (χ1n) is 9.27. The highest BCUT2D eigenvalue weighted by molar-refractivity contribution is 7.80. The Balaban J connectivity index is 1.58. The fraction of sp³-hybridized carbons (Fsp3) is 0.130. The Bertz CT molecular complexity index is 1010. The lowest BCUT2D eigenvalue weighted by Gasteiger charge is -2.12. The maximum Gasteiger partial charge on any atom is 0.191 e. The van der Waals surface area contributed by atoms with E-state index in [4.69, 9.17) is 26.4 Å². The van der Waals surface area contributed by atoms with Crippen molar-refractivity contribution >= 4 is 29.2 Å². The van der Waals surface area contributed by atoms with Gasteiger partial charge in [-0.3, -0.25) is 5.43 Å². The molecule has 3 aromatic rings. The number of thiocarbonyl (C=S) groups is 1. The van der Waals surface area contributed by atoms with Crippen LogP contribution in [0.25, 0.3) is 0 Å². The molecule has 0 aliphatic carbocycles. The summed E-state index contributed by atoms with van der Waals surface area (Å²) in [7, 11) is 3.21. The summed E-state index contributed by atoms with van der Waals surface area (Å²) in [5.41, 5.74) is 5.48. The molecule has 2 N–H and O–H groups in total. The molecule has 0 radical (unpaired) electrons. The van der Waals surface area contributed by atoms with Gasteiger partial charge in [-0.15, -0.1) is 0 Å². The highest BCUT2D eigenvalue weighted by Crippen LogP contribution is 2.28. The zero-order valence-corrected chi connectivity index (χ0v) is 17.6. The third kappa shape index (κ3) is 5.96. The third-order valence-corrected chi connectivity index (χ3v) is 4.35. The van der Waals surface area contributed by atoms with Crippen molar-refractivity contribution in [3.8, 4) is 17.2 Å². The average Bonchev–Trinajstić information content (AvgIpc) is 2.79. The van der Waals surface area contributed by atoms with E-state index in [9.17, 15) is 0 Å². The van der Waals surface area contributed by atoms with Crippen LogP contribution >= 0.6 is 12.2 Å². The van der Waals surface area contributed by atoms with Crippen molar-refractivity contribution in [1.29, 1.82) is 0 Å². The molecule has 0 heterocycles. The van der Waals surface area contributed by atoms with Crippen molar-refractivity contribution in [2.45, 2.75) is 6.61 Å². The zero-order chi connectivity index (χ0) is 21.2. The van der Waals surface area contributed by atoms with Crippen molar-refractivity contribution in [1.82, 2.24) is 5.43 Å². The van der Waals surface area contributed by atoms with Gasteiger partial charge in [-0.05, 0) is 53.7 Å². The van der Waals surface area contributed by atoms with Crippen molar-refractivity contribution in [2.24, 2.45) is 5.10 Å². The Morgan fingerprint density at radius 3 is 2.40 bits per heavy atom. The van der Waals surface area contributed by atoms with Crippen molar-refractivity contribution in [3.63, 3.8) is 0 Å². The van der Waals surface area contributed by atoms with Crippen LogP contribution in [-0.2, 0) is 6.61 Å². The first-order chi connectivity index (χ1) is 14.7. The highest BCUT2D eigenvalue weighted by Gasteiger charge is 2.06. The molecule has 3 aromatic carbocycles. The summed E-state index contributed by atoms with van der Waals surface area (Å²) in [6.45, 7) is 0.467. The number of anilines is 1. The lowest BCUT2D eigenvalue weighted by atomic mass is 10.2. The number of hydrazone groups is 1. The molecule has 0 saturated heterocycles. The molecule has 30 heavy (non-hydrogen) atoms. The van der Waals surface area contributed by atoms with Crippen LogP contribution in [0.1, 0.15) is 11.1 Å². The van der Waals surface area contributed by atoms with Gasteiger partial charge in [0.1, 0.15) is 12.4 Å². The van der Waals surface area contributed by atoms with Gasteiger partial charge < -0.3 is 19.5 Å². The second-order valence-corrected chi connectivity index (χ2v) is 6.62. The van der Waals surface area contributed by atoms with Crippen LogP contribution in [0.15, 0.2) is 77.9 Å². The number of hydrogen-bond acceptors (Lipinski definition) is 5. The molecule has 0 aliphatic rings. The molecule has 6 nitrogen and oxygen atoms in total. The molecular formula is C23H23N3O3S. The van der Waals surface area contributed by atoms with Gasteiger partial charge in [0.15, 0.2) is 16.6 Å². The largest absolute Gasteiger partial charge is 0.495 e. The fourth-order valence-electron chi connectivity index (χ4n) is 2.68. The second-order valence-electron chi connectivity index (χ2n) is 6.21. The van der Waals surface area contributed by atoms with Crippen LogP contribution < -0.4 is 25.0 Å². The van der Waals surface area contributed by atoms with Gasteiger partial charge in [0.2, 0.25) is 0 Å². The topological polar surface area (TPSA) is 64.1 Å². The van der Waals surface area contributed by atoms with Gasteiger partial charge in [-0.25, -0.2) is 0 Å². The van der Waals surface area contributed by atoms with Crippen LogP contribution in [-0.4, -0.2) is 25.5 Å². The molecule has 0 aromatic heterocycles. The summed E-state index contributed by atoms with van der Waals surface area (Å²) >= 11 is 5.27. The SMILES string of the molecule is COc1ccccc1NC(=S)NN=Cc1ccc(OCc2ccccc2)c(OC)c1. The molecule has 0 saturated carbocycles. The van der Waals surface area contributed by atoms with E-state index in [0.29, 0.717) is 29.0 Å². The lowest BCUT2D eigenvalue weighted by molar-refractivity contribution is 0.284. The van der Waals surface area contributed by atoms with Crippen molar-refractivity contribution in [3.05, 3.63) is 83.9 Å². The number of ether oxygens (including phenoxy) is 3. The normalized spacial score (nSPS) is 10.5.